The predicted molar refractivity (Wildman–Crippen MR) is 85.8 cm³/mol. The summed E-state index contributed by atoms with van der Waals surface area (Å²) in [6, 6.07) is 14.0. The molecule has 4 nitrogen and oxygen atoms in total. The summed E-state index contributed by atoms with van der Waals surface area (Å²) in [6.45, 7) is 2.01. The smallest absolute Gasteiger partial charge is 0.328 e. The van der Waals surface area contributed by atoms with Gasteiger partial charge in [0.15, 0.2) is 0 Å². The van der Waals surface area contributed by atoms with Crippen molar-refractivity contribution in [2.45, 2.75) is 13.3 Å². The Balaban J connectivity index is 2.10. The van der Waals surface area contributed by atoms with E-state index in [1.54, 1.807) is 6.08 Å². The van der Waals surface area contributed by atoms with E-state index in [0.717, 1.165) is 34.2 Å². The van der Waals surface area contributed by atoms with Crippen molar-refractivity contribution in [3.8, 4) is 0 Å². The van der Waals surface area contributed by atoms with Gasteiger partial charge in [-0.25, -0.2) is 9.78 Å². The molecule has 0 aliphatic carbocycles. The number of aryl methyl sites for hydroxylation is 1. The van der Waals surface area contributed by atoms with E-state index in [9.17, 15) is 4.79 Å². The Labute approximate surface area is 128 Å². The van der Waals surface area contributed by atoms with E-state index in [4.69, 9.17) is 5.11 Å². The van der Waals surface area contributed by atoms with E-state index in [1.165, 1.54) is 0 Å². The molecule has 1 aromatic carbocycles. The van der Waals surface area contributed by atoms with E-state index in [1.807, 2.05) is 60.0 Å². The van der Waals surface area contributed by atoms with Crippen LogP contribution in [0.25, 0.3) is 11.7 Å². The topological polar surface area (TPSA) is 54.6 Å². The van der Waals surface area contributed by atoms with Gasteiger partial charge < -0.3 is 5.11 Å². The molecule has 0 amide bonds. The Kier molecular flexibility index (Phi) is 3.74. The van der Waals surface area contributed by atoms with E-state index in [-0.39, 0.29) is 0 Å². The second-order valence-corrected chi connectivity index (χ2v) is 5.21. The van der Waals surface area contributed by atoms with Crippen molar-refractivity contribution in [3.63, 3.8) is 0 Å². The lowest BCUT2D eigenvalue weighted by atomic mass is 10.1. The zero-order valence-electron chi connectivity index (χ0n) is 12.2. The highest BCUT2D eigenvalue weighted by Gasteiger charge is 2.11. The molecule has 0 saturated heterocycles. The number of carboxylic acids is 1. The molecule has 2 heterocycles. The van der Waals surface area contributed by atoms with Crippen molar-refractivity contribution in [2.75, 3.05) is 0 Å². The zero-order valence-corrected chi connectivity index (χ0v) is 12.2. The van der Waals surface area contributed by atoms with Crippen LogP contribution in [-0.4, -0.2) is 20.5 Å². The third-order valence-electron chi connectivity index (χ3n) is 3.49. The Morgan fingerprint density at radius 2 is 2.05 bits per heavy atom. The van der Waals surface area contributed by atoms with Gasteiger partial charge in [0.1, 0.15) is 5.65 Å². The summed E-state index contributed by atoms with van der Waals surface area (Å²) >= 11 is 0. The average molecular weight is 292 g/mol. The summed E-state index contributed by atoms with van der Waals surface area (Å²) in [6.07, 6.45) is 5.35. The molecule has 0 bridgehead atoms. The predicted octanol–water partition coefficient (Wildman–Crippen LogP) is 3.33. The summed E-state index contributed by atoms with van der Waals surface area (Å²) < 4.78 is 1.92. The minimum absolute atomic E-state index is 0.668. The molecule has 3 aromatic rings. The molecule has 2 aromatic heterocycles. The van der Waals surface area contributed by atoms with Crippen LogP contribution in [0.2, 0.25) is 0 Å². The maximum Gasteiger partial charge on any atom is 0.328 e. The van der Waals surface area contributed by atoms with Gasteiger partial charge in [-0.05, 0) is 36.3 Å². The Morgan fingerprint density at radius 3 is 2.77 bits per heavy atom. The van der Waals surface area contributed by atoms with Gasteiger partial charge in [-0.1, -0.05) is 30.3 Å². The lowest BCUT2D eigenvalue weighted by molar-refractivity contribution is -0.131. The number of pyridine rings is 1. The van der Waals surface area contributed by atoms with Crippen molar-refractivity contribution in [3.05, 3.63) is 77.3 Å². The van der Waals surface area contributed by atoms with Crippen LogP contribution in [-0.2, 0) is 11.2 Å². The van der Waals surface area contributed by atoms with Crippen molar-refractivity contribution in [1.29, 1.82) is 0 Å². The summed E-state index contributed by atoms with van der Waals surface area (Å²) in [5.41, 5.74) is 4.77. The van der Waals surface area contributed by atoms with Crippen LogP contribution in [0.15, 0.2) is 54.7 Å². The molecular weight excluding hydrogens is 276 g/mol. The summed E-state index contributed by atoms with van der Waals surface area (Å²) in [7, 11) is 0. The molecule has 0 saturated carbocycles. The van der Waals surface area contributed by atoms with E-state index in [2.05, 4.69) is 4.98 Å². The SMILES string of the molecule is Cc1ccn2c(/C=C/C(=O)O)c(Cc3ccccc3)nc2c1. The van der Waals surface area contributed by atoms with Crippen molar-refractivity contribution < 1.29 is 9.90 Å². The molecule has 0 atom stereocenters. The fraction of sp³-hybridized carbons (Fsp3) is 0.111. The molecule has 0 spiro atoms. The van der Waals surface area contributed by atoms with Gasteiger partial charge >= 0.3 is 5.97 Å². The van der Waals surface area contributed by atoms with Gasteiger partial charge in [0, 0.05) is 18.7 Å². The van der Waals surface area contributed by atoms with Crippen LogP contribution < -0.4 is 0 Å². The van der Waals surface area contributed by atoms with E-state index >= 15 is 0 Å². The molecule has 3 rings (SSSR count). The summed E-state index contributed by atoms with van der Waals surface area (Å²) in [5, 5.41) is 8.89. The number of aromatic nitrogens is 2. The third-order valence-corrected chi connectivity index (χ3v) is 3.49. The highest BCUT2D eigenvalue weighted by molar-refractivity contribution is 5.85. The van der Waals surface area contributed by atoms with Gasteiger partial charge in [0.2, 0.25) is 0 Å². The maximum atomic E-state index is 10.8. The second kappa shape index (κ2) is 5.85. The molecule has 4 heteroatoms. The molecule has 0 radical (unpaired) electrons. The van der Waals surface area contributed by atoms with Gasteiger partial charge in [-0.15, -0.1) is 0 Å². The highest BCUT2D eigenvalue weighted by atomic mass is 16.4. The lowest BCUT2D eigenvalue weighted by Crippen LogP contribution is -1.94. The number of carbonyl (C=O) groups is 1. The summed E-state index contributed by atoms with van der Waals surface area (Å²) in [5.74, 6) is -0.965. The first-order valence-electron chi connectivity index (χ1n) is 7.06. The Morgan fingerprint density at radius 1 is 1.27 bits per heavy atom. The molecule has 0 aliphatic heterocycles. The van der Waals surface area contributed by atoms with Crippen molar-refractivity contribution >= 4 is 17.7 Å². The molecule has 1 N–H and O–H groups in total. The number of aliphatic carboxylic acids is 1. The Hall–Kier alpha value is -2.88. The first-order chi connectivity index (χ1) is 10.6. The first kappa shape index (κ1) is 14.1. The van der Waals surface area contributed by atoms with Gasteiger partial charge in [0.25, 0.3) is 0 Å². The number of hydrogen-bond donors (Lipinski definition) is 1. The molecular formula is C18H16N2O2. The molecule has 0 unspecified atom stereocenters. The van der Waals surface area contributed by atoms with Crippen molar-refractivity contribution in [2.24, 2.45) is 0 Å². The van der Waals surface area contributed by atoms with Gasteiger partial charge in [0.05, 0.1) is 11.4 Å². The lowest BCUT2D eigenvalue weighted by Gasteiger charge is -2.01. The van der Waals surface area contributed by atoms with Crippen LogP contribution in [0, 0.1) is 6.92 Å². The number of nitrogens with zero attached hydrogens (tertiary/aromatic N) is 2. The number of carboxylic acid groups (broad SMARTS) is 1. The van der Waals surface area contributed by atoms with Crippen LogP contribution in [0.5, 0.6) is 0 Å². The average Bonchev–Trinajstić information content (AvgIpc) is 2.82. The summed E-state index contributed by atoms with van der Waals surface area (Å²) in [4.78, 5) is 15.5. The van der Waals surface area contributed by atoms with Crippen LogP contribution in [0.1, 0.15) is 22.5 Å². The maximum absolute atomic E-state index is 10.8. The number of fused-ring (bicyclic) bond motifs is 1. The minimum Gasteiger partial charge on any atom is -0.478 e. The number of benzene rings is 1. The molecule has 0 aliphatic rings. The number of rotatable bonds is 4. The van der Waals surface area contributed by atoms with E-state index < -0.39 is 5.97 Å². The molecule has 0 fully saturated rings. The van der Waals surface area contributed by atoms with Gasteiger partial charge in [-0.2, -0.15) is 0 Å². The fourth-order valence-corrected chi connectivity index (χ4v) is 2.46. The van der Waals surface area contributed by atoms with Gasteiger partial charge in [-0.3, -0.25) is 4.40 Å². The fourth-order valence-electron chi connectivity index (χ4n) is 2.46. The van der Waals surface area contributed by atoms with Crippen LogP contribution >= 0.6 is 0 Å². The zero-order chi connectivity index (χ0) is 15.5. The number of hydrogen-bond acceptors (Lipinski definition) is 2. The largest absolute Gasteiger partial charge is 0.478 e. The second-order valence-electron chi connectivity index (χ2n) is 5.21. The highest BCUT2D eigenvalue weighted by Crippen LogP contribution is 2.19. The normalized spacial score (nSPS) is 11.3. The van der Waals surface area contributed by atoms with Crippen molar-refractivity contribution in [1.82, 2.24) is 9.38 Å². The first-order valence-corrected chi connectivity index (χ1v) is 7.06. The minimum atomic E-state index is -0.965. The van der Waals surface area contributed by atoms with Crippen LogP contribution in [0.3, 0.4) is 0 Å². The Bertz CT molecular complexity index is 848. The van der Waals surface area contributed by atoms with Crippen LogP contribution in [0.4, 0.5) is 0 Å². The molecule has 22 heavy (non-hydrogen) atoms. The molecule has 110 valence electrons. The quantitative estimate of drug-likeness (QED) is 0.750. The third kappa shape index (κ3) is 2.91. The number of imidazole rings is 1. The van der Waals surface area contributed by atoms with E-state index in [0.29, 0.717) is 6.42 Å². The monoisotopic (exact) mass is 292 g/mol. The standard InChI is InChI=1S/C18H16N2O2/c1-13-9-10-20-16(7-8-18(21)22)15(19-17(20)11-13)12-14-5-3-2-4-6-14/h2-11H,12H2,1H3,(H,21,22)/b8-7+.